The third-order valence-corrected chi connectivity index (χ3v) is 3.33. The standard InChI is InChI=1S/C13H15F2N3O4/c14-12(15)22-11-6-5-9(18(20)21)7-10(11)17-13(19)16-8-3-1-2-4-8/h5-8,12H,1-4H2,(H2,16,17,19). The van der Waals surface area contributed by atoms with Crippen molar-refractivity contribution in [3.8, 4) is 5.75 Å². The number of amides is 2. The normalized spacial score (nSPS) is 14.9. The number of benzene rings is 1. The van der Waals surface area contributed by atoms with Crippen molar-refractivity contribution >= 4 is 17.4 Å². The van der Waals surface area contributed by atoms with Crippen molar-refractivity contribution in [2.45, 2.75) is 38.3 Å². The lowest BCUT2D eigenvalue weighted by atomic mass is 10.2. The topological polar surface area (TPSA) is 93.5 Å². The molecule has 22 heavy (non-hydrogen) atoms. The summed E-state index contributed by atoms with van der Waals surface area (Å²) < 4.78 is 28.9. The maximum Gasteiger partial charge on any atom is 0.387 e. The van der Waals surface area contributed by atoms with E-state index in [0.29, 0.717) is 0 Å². The molecule has 7 nitrogen and oxygen atoms in total. The number of non-ortho nitro benzene ring substituents is 1. The minimum absolute atomic E-state index is 0.0261. The smallest absolute Gasteiger partial charge is 0.387 e. The molecule has 0 radical (unpaired) electrons. The number of hydrogen-bond acceptors (Lipinski definition) is 4. The summed E-state index contributed by atoms with van der Waals surface area (Å²) in [5.41, 5.74) is -0.511. The minimum atomic E-state index is -3.10. The van der Waals surface area contributed by atoms with E-state index in [9.17, 15) is 23.7 Å². The number of nitro benzene ring substituents is 1. The van der Waals surface area contributed by atoms with Crippen molar-refractivity contribution in [2.24, 2.45) is 0 Å². The highest BCUT2D eigenvalue weighted by Crippen LogP contribution is 2.30. The van der Waals surface area contributed by atoms with Gasteiger partial charge in [-0.2, -0.15) is 8.78 Å². The lowest BCUT2D eigenvalue weighted by Crippen LogP contribution is -2.36. The van der Waals surface area contributed by atoms with Crippen LogP contribution in [0.15, 0.2) is 18.2 Å². The average Bonchev–Trinajstić information content (AvgIpc) is 2.92. The van der Waals surface area contributed by atoms with Crippen molar-refractivity contribution < 1.29 is 23.2 Å². The maximum absolute atomic E-state index is 12.3. The number of rotatable bonds is 5. The molecule has 1 aliphatic carbocycles. The number of carbonyl (C=O) groups is 1. The molecule has 2 amide bonds. The van der Waals surface area contributed by atoms with Gasteiger partial charge >= 0.3 is 12.6 Å². The van der Waals surface area contributed by atoms with Crippen LogP contribution in [0.4, 0.5) is 25.0 Å². The third kappa shape index (κ3) is 4.27. The van der Waals surface area contributed by atoms with Gasteiger partial charge in [-0.1, -0.05) is 12.8 Å². The third-order valence-electron chi connectivity index (χ3n) is 3.33. The summed E-state index contributed by atoms with van der Waals surface area (Å²) >= 11 is 0. The molecular weight excluding hydrogens is 300 g/mol. The molecule has 1 saturated carbocycles. The number of halogens is 2. The van der Waals surface area contributed by atoms with Gasteiger partial charge in [0, 0.05) is 18.2 Å². The first-order valence-electron chi connectivity index (χ1n) is 6.76. The Hall–Kier alpha value is -2.45. The molecule has 9 heteroatoms. The van der Waals surface area contributed by atoms with Gasteiger partial charge in [0.2, 0.25) is 0 Å². The van der Waals surface area contributed by atoms with Crippen LogP contribution in [0, 0.1) is 10.1 Å². The molecule has 2 rings (SSSR count). The second-order valence-electron chi connectivity index (χ2n) is 4.90. The van der Waals surface area contributed by atoms with Gasteiger partial charge in [0.1, 0.15) is 5.75 Å². The molecule has 1 aromatic carbocycles. The van der Waals surface area contributed by atoms with Crippen molar-refractivity contribution in [2.75, 3.05) is 5.32 Å². The molecule has 0 atom stereocenters. The van der Waals surface area contributed by atoms with Gasteiger partial charge in [0.05, 0.1) is 10.6 Å². The van der Waals surface area contributed by atoms with Crippen molar-refractivity contribution in [3.05, 3.63) is 28.3 Å². The van der Waals surface area contributed by atoms with Crippen LogP contribution in [0.5, 0.6) is 5.75 Å². The minimum Gasteiger partial charge on any atom is -0.433 e. The molecule has 1 fully saturated rings. The Morgan fingerprint density at radius 1 is 1.36 bits per heavy atom. The molecule has 0 saturated heterocycles. The molecule has 0 aliphatic heterocycles. The highest BCUT2D eigenvalue weighted by molar-refractivity contribution is 5.91. The number of anilines is 1. The quantitative estimate of drug-likeness (QED) is 0.644. The summed E-state index contributed by atoms with van der Waals surface area (Å²) in [6, 6.07) is 2.45. The van der Waals surface area contributed by atoms with Gasteiger partial charge < -0.3 is 15.4 Å². The summed E-state index contributed by atoms with van der Waals surface area (Å²) in [5.74, 6) is -0.331. The van der Waals surface area contributed by atoms with Crippen LogP contribution >= 0.6 is 0 Å². The summed E-state index contributed by atoms with van der Waals surface area (Å²) in [5, 5.41) is 15.8. The van der Waals surface area contributed by atoms with E-state index in [4.69, 9.17) is 0 Å². The predicted octanol–water partition coefficient (Wildman–Crippen LogP) is 3.26. The average molecular weight is 315 g/mol. The van der Waals surface area contributed by atoms with Crippen LogP contribution in [0.25, 0.3) is 0 Å². The highest BCUT2D eigenvalue weighted by atomic mass is 19.3. The number of nitrogens with zero attached hydrogens (tertiary/aromatic N) is 1. The Morgan fingerprint density at radius 3 is 2.64 bits per heavy atom. The number of carbonyl (C=O) groups excluding carboxylic acids is 1. The summed E-state index contributed by atoms with van der Waals surface area (Å²) in [4.78, 5) is 21.9. The Labute approximate surface area is 124 Å². The van der Waals surface area contributed by atoms with E-state index in [-0.39, 0.29) is 23.2 Å². The molecule has 120 valence electrons. The van der Waals surface area contributed by atoms with Crippen molar-refractivity contribution in [1.29, 1.82) is 0 Å². The second kappa shape index (κ2) is 7.01. The maximum atomic E-state index is 12.3. The molecular formula is C13H15F2N3O4. The molecule has 2 N–H and O–H groups in total. The van der Waals surface area contributed by atoms with Crippen LogP contribution in [-0.2, 0) is 0 Å². The molecule has 0 heterocycles. The number of nitro groups is 1. The lowest BCUT2D eigenvalue weighted by Gasteiger charge is -2.15. The van der Waals surface area contributed by atoms with Gasteiger partial charge in [-0.15, -0.1) is 0 Å². The van der Waals surface area contributed by atoms with Crippen LogP contribution in [-0.4, -0.2) is 23.6 Å². The molecule has 0 aromatic heterocycles. The first-order valence-corrected chi connectivity index (χ1v) is 6.76. The predicted molar refractivity (Wildman–Crippen MR) is 74.1 cm³/mol. The Kier molecular flexibility index (Phi) is 5.08. The van der Waals surface area contributed by atoms with E-state index in [0.717, 1.165) is 43.9 Å². The molecule has 1 aromatic rings. The summed E-state index contributed by atoms with van der Waals surface area (Å²) in [6.45, 7) is -3.10. The highest BCUT2D eigenvalue weighted by Gasteiger charge is 2.20. The van der Waals surface area contributed by atoms with Gasteiger partial charge in [-0.05, 0) is 18.9 Å². The van der Waals surface area contributed by atoms with Crippen LogP contribution < -0.4 is 15.4 Å². The number of ether oxygens (including phenoxy) is 1. The van der Waals surface area contributed by atoms with E-state index < -0.39 is 17.6 Å². The zero-order chi connectivity index (χ0) is 16.1. The number of urea groups is 1. The van der Waals surface area contributed by atoms with Gasteiger partial charge in [0.25, 0.3) is 5.69 Å². The second-order valence-corrected chi connectivity index (χ2v) is 4.90. The van der Waals surface area contributed by atoms with E-state index in [1.165, 1.54) is 0 Å². The summed E-state index contributed by atoms with van der Waals surface area (Å²) in [6.07, 6.45) is 3.73. The van der Waals surface area contributed by atoms with E-state index in [1.807, 2.05) is 0 Å². The molecule has 0 bridgehead atoms. The molecule has 0 unspecified atom stereocenters. The SMILES string of the molecule is O=C(Nc1cc([N+](=O)[O-])ccc1OC(F)F)NC1CCCC1. The monoisotopic (exact) mass is 315 g/mol. The molecule has 1 aliphatic rings. The van der Waals surface area contributed by atoms with Crippen LogP contribution in [0.2, 0.25) is 0 Å². The Morgan fingerprint density at radius 2 is 2.05 bits per heavy atom. The first-order chi connectivity index (χ1) is 10.5. The van der Waals surface area contributed by atoms with Crippen LogP contribution in [0.3, 0.4) is 0 Å². The van der Waals surface area contributed by atoms with Crippen molar-refractivity contribution in [1.82, 2.24) is 5.32 Å². The van der Waals surface area contributed by atoms with E-state index >= 15 is 0 Å². The van der Waals surface area contributed by atoms with E-state index in [2.05, 4.69) is 15.4 Å². The van der Waals surface area contributed by atoms with E-state index in [1.54, 1.807) is 0 Å². The fourth-order valence-electron chi connectivity index (χ4n) is 2.34. The fourth-order valence-corrected chi connectivity index (χ4v) is 2.34. The number of hydrogen-bond donors (Lipinski definition) is 2. The number of nitrogens with one attached hydrogen (secondary N) is 2. The van der Waals surface area contributed by atoms with Gasteiger partial charge in [-0.3, -0.25) is 10.1 Å². The zero-order valence-electron chi connectivity index (χ0n) is 11.6. The Balaban J connectivity index is 2.12. The van der Waals surface area contributed by atoms with Gasteiger partial charge in [0.15, 0.2) is 0 Å². The van der Waals surface area contributed by atoms with Crippen molar-refractivity contribution in [3.63, 3.8) is 0 Å². The Bertz CT molecular complexity index is 562. The largest absolute Gasteiger partial charge is 0.433 e. The summed E-state index contributed by atoms with van der Waals surface area (Å²) in [7, 11) is 0. The zero-order valence-corrected chi connectivity index (χ0v) is 11.6. The van der Waals surface area contributed by atoms with Gasteiger partial charge in [-0.25, -0.2) is 4.79 Å². The number of alkyl halides is 2. The molecule has 0 spiro atoms. The first kappa shape index (κ1) is 15.9. The lowest BCUT2D eigenvalue weighted by molar-refractivity contribution is -0.384. The fraction of sp³-hybridized carbons (Fsp3) is 0.462. The van der Waals surface area contributed by atoms with Crippen LogP contribution in [0.1, 0.15) is 25.7 Å².